The van der Waals surface area contributed by atoms with Crippen molar-refractivity contribution in [3.63, 3.8) is 0 Å². The van der Waals surface area contributed by atoms with Crippen molar-refractivity contribution in [2.45, 2.75) is 103 Å². The quantitative estimate of drug-likeness (QED) is 0.137. The van der Waals surface area contributed by atoms with Gasteiger partial charge in [-0.1, -0.05) is 64.0 Å². The van der Waals surface area contributed by atoms with E-state index in [9.17, 15) is 9.90 Å². The van der Waals surface area contributed by atoms with E-state index in [1.165, 1.54) is 38.5 Å². The Kier molecular flexibility index (Phi) is 19.5. The van der Waals surface area contributed by atoms with Crippen LogP contribution < -0.4 is 0 Å². The highest BCUT2D eigenvalue weighted by Crippen LogP contribution is 2.10. The average Bonchev–Trinajstić information content (AvgIpc) is 2.60. The Morgan fingerprint density at radius 2 is 1.72 bits per heavy atom. The molecule has 0 saturated carbocycles. The van der Waals surface area contributed by atoms with Crippen LogP contribution in [0.5, 0.6) is 0 Å². The van der Waals surface area contributed by atoms with Crippen molar-refractivity contribution >= 4 is 18.6 Å². The van der Waals surface area contributed by atoms with Crippen LogP contribution in [0.1, 0.15) is 96.8 Å². The van der Waals surface area contributed by atoms with Crippen LogP contribution in [-0.4, -0.2) is 29.5 Å². The number of thiol groups is 1. The number of unbranched alkanes of at least 4 members (excludes halogenated alkanes) is 8. The highest BCUT2D eigenvalue weighted by Gasteiger charge is 2.02. The number of carbonyl (C=O) groups is 1. The average molecular weight is 373 g/mol. The van der Waals surface area contributed by atoms with Crippen LogP contribution >= 0.6 is 12.6 Å². The van der Waals surface area contributed by atoms with E-state index in [0.29, 0.717) is 13.0 Å². The Morgan fingerprint density at radius 3 is 2.48 bits per heavy atom. The molecule has 0 aliphatic heterocycles. The maximum absolute atomic E-state index is 11.4. The van der Waals surface area contributed by atoms with Crippen molar-refractivity contribution in [3.05, 3.63) is 12.2 Å². The van der Waals surface area contributed by atoms with Gasteiger partial charge in [0.05, 0.1) is 12.7 Å². The van der Waals surface area contributed by atoms with E-state index in [1.807, 2.05) is 0 Å². The molecule has 0 amide bonds. The number of aliphatic hydroxyl groups excluding tert-OH is 1. The molecular weight excluding hydrogens is 332 g/mol. The molecule has 0 bridgehead atoms. The largest absolute Gasteiger partial charge is 0.466 e. The van der Waals surface area contributed by atoms with E-state index in [4.69, 9.17) is 4.74 Å². The number of ether oxygens (including phenoxy) is 1. The van der Waals surface area contributed by atoms with Gasteiger partial charge in [-0.25, -0.2) is 0 Å². The van der Waals surface area contributed by atoms with Crippen molar-refractivity contribution in [2.24, 2.45) is 0 Å². The molecule has 0 aromatic heterocycles. The van der Waals surface area contributed by atoms with Gasteiger partial charge in [-0.3, -0.25) is 4.79 Å². The van der Waals surface area contributed by atoms with Crippen LogP contribution in [0.25, 0.3) is 0 Å². The van der Waals surface area contributed by atoms with Gasteiger partial charge in [-0.15, -0.1) is 0 Å². The Labute approximate surface area is 161 Å². The van der Waals surface area contributed by atoms with E-state index in [1.54, 1.807) is 0 Å². The fourth-order valence-electron chi connectivity index (χ4n) is 2.68. The molecule has 0 heterocycles. The molecule has 0 radical (unpaired) electrons. The van der Waals surface area contributed by atoms with Gasteiger partial charge in [0.25, 0.3) is 0 Å². The minimum absolute atomic E-state index is 0.0713. The van der Waals surface area contributed by atoms with Crippen LogP contribution in [-0.2, 0) is 9.53 Å². The molecule has 25 heavy (non-hydrogen) atoms. The summed E-state index contributed by atoms with van der Waals surface area (Å²) in [6.07, 6.45) is 18.9. The van der Waals surface area contributed by atoms with E-state index >= 15 is 0 Å². The SMILES string of the molecule is CCCCCC[C@@H](O)CC=CCCCCCCCC(=O)OCCCS. The summed E-state index contributed by atoms with van der Waals surface area (Å²) in [6.45, 7) is 2.71. The lowest BCUT2D eigenvalue weighted by atomic mass is 10.1. The van der Waals surface area contributed by atoms with Crippen LogP contribution in [0.2, 0.25) is 0 Å². The minimum Gasteiger partial charge on any atom is -0.466 e. The Bertz CT molecular complexity index is 318. The van der Waals surface area contributed by atoms with Crippen molar-refractivity contribution in [2.75, 3.05) is 12.4 Å². The number of esters is 1. The molecule has 0 spiro atoms. The van der Waals surface area contributed by atoms with Crippen molar-refractivity contribution in [1.29, 1.82) is 0 Å². The molecule has 148 valence electrons. The fourth-order valence-corrected chi connectivity index (χ4v) is 2.81. The van der Waals surface area contributed by atoms with Gasteiger partial charge in [-0.05, 0) is 44.3 Å². The van der Waals surface area contributed by atoms with Crippen molar-refractivity contribution < 1.29 is 14.6 Å². The van der Waals surface area contributed by atoms with Gasteiger partial charge in [0.2, 0.25) is 0 Å². The van der Waals surface area contributed by atoms with Gasteiger partial charge in [0, 0.05) is 6.42 Å². The first-order chi connectivity index (χ1) is 12.2. The zero-order valence-corrected chi connectivity index (χ0v) is 17.2. The lowest BCUT2D eigenvalue weighted by Crippen LogP contribution is -2.05. The molecule has 0 aromatic rings. The lowest BCUT2D eigenvalue weighted by Gasteiger charge is -2.07. The molecule has 3 nitrogen and oxygen atoms in total. The summed E-state index contributed by atoms with van der Waals surface area (Å²) in [4.78, 5) is 11.4. The Balaban J connectivity index is 3.30. The molecule has 0 aliphatic rings. The number of rotatable bonds is 18. The maximum atomic E-state index is 11.4. The first kappa shape index (κ1) is 24.5. The highest BCUT2D eigenvalue weighted by atomic mass is 32.1. The smallest absolute Gasteiger partial charge is 0.305 e. The summed E-state index contributed by atoms with van der Waals surface area (Å²) in [5.74, 6) is 0.692. The number of allylic oxidation sites excluding steroid dienone is 1. The third-order valence-electron chi connectivity index (χ3n) is 4.28. The molecule has 0 rings (SSSR count). The Morgan fingerprint density at radius 1 is 1.00 bits per heavy atom. The van der Waals surface area contributed by atoms with Crippen LogP contribution in [0, 0.1) is 0 Å². The van der Waals surface area contributed by atoms with E-state index in [0.717, 1.165) is 50.7 Å². The van der Waals surface area contributed by atoms with Gasteiger partial charge in [0.15, 0.2) is 0 Å². The molecule has 0 fully saturated rings. The van der Waals surface area contributed by atoms with Crippen molar-refractivity contribution in [1.82, 2.24) is 0 Å². The lowest BCUT2D eigenvalue weighted by molar-refractivity contribution is -0.143. The number of aliphatic hydroxyl groups is 1. The summed E-state index contributed by atoms with van der Waals surface area (Å²) in [5.41, 5.74) is 0. The van der Waals surface area contributed by atoms with E-state index < -0.39 is 0 Å². The van der Waals surface area contributed by atoms with Crippen LogP contribution in [0.3, 0.4) is 0 Å². The number of carbonyl (C=O) groups excluding carboxylic acids is 1. The van der Waals surface area contributed by atoms with Gasteiger partial charge < -0.3 is 9.84 Å². The normalized spacial score (nSPS) is 12.6. The summed E-state index contributed by atoms with van der Waals surface area (Å²) in [7, 11) is 0. The second-order valence-corrected chi connectivity index (χ2v) is 7.26. The molecule has 0 aromatic carbocycles. The zero-order chi connectivity index (χ0) is 18.6. The van der Waals surface area contributed by atoms with Crippen LogP contribution in [0.15, 0.2) is 12.2 Å². The molecule has 1 N–H and O–H groups in total. The van der Waals surface area contributed by atoms with E-state index in [-0.39, 0.29) is 12.1 Å². The second-order valence-electron chi connectivity index (χ2n) is 6.81. The first-order valence-corrected chi connectivity index (χ1v) is 10.9. The maximum Gasteiger partial charge on any atom is 0.305 e. The molecule has 4 heteroatoms. The molecule has 1 atom stereocenters. The topological polar surface area (TPSA) is 46.5 Å². The second kappa shape index (κ2) is 19.8. The van der Waals surface area contributed by atoms with Crippen molar-refractivity contribution in [3.8, 4) is 0 Å². The predicted octanol–water partition coefficient (Wildman–Crippen LogP) is 5.86. The Hall–Kier alpha value is -0.480. The molecule has 0 saturated heterocycles. The highest BCUT2D eigenvalue weighted by molar-refractivity contribution is 7.80. The third kappa shape index (κ3) is 19.7. The number of hydrogen-bond donors (Lipinski definition) is 2. The summed E-state index contributed by atoms with van der Waals surface area (Å²) >= 11 is 4.08. The fraction of sp³-hybridized carbons (Fsp3) is 0.857. The number of hydrogen-bond acceptors (Lipinski definition) is 4. The van der Waals surface area contributed by atoms with E-state index in [2.05, 4.69) is 31.7 Å². The van der Waals surface area contributed by atoms with Gasteiger partial charge in [0.1, 0.15) is 0 Å². The summed E-state index contributed by atoms with van der Waals surface area (Å²) in [5, 5.41) is 9.87. The molecular formula is C21H40O3S. The third-order valence-corrected chi connectivity index (χ3v) is 4.60. The van der Waals surface area contributed by atoms with Crippen LogP contribution in [0.4, 0.5) is 0 Å². The summed E-state index contributed by atoms with van der Waals surface area (Å²) < 4.78 is 5.09. The van der Waals surface area contributed by atoms with Gasteiger partial charge >= 0.3 is 5.97 Å². The molecule has 0 aliphatic carbocycles. The molecule has 0 unspecified atom stereocenters. The monoisotopic (exact) mass is 372 g/mol. The first-order valence-electron chi connectivity index (χ1n) is 10.3. The minimum atomic E-state index is -0.166. The predicted molar refractivity (Wildman–Crippen MR) is 110 cm³/mol. The standard InChI is InChI=1S/C21H40O3S/c1-2-3-4-11-15-20(22)16-12-9-7-5-6-8-10-13-17-21(23)24-18-14-19-25/h9,12,20,22,25H,2-8,10-11,13-19H2,1H3/t20-/m1/s1. The summed E-state index contributed by atoms with van der Waals surface area (Å²) in [6, 6.07) is 0. The van der Waals surface area contributed by atoms with Gasteiger partial charge in [-0.2, -0.15) is 12.6 Å². The zero-order valence-electron chi connectivity index (χ0n) is 16.3.